The topological polar surface area (TPSA) is 182 Å². The van der Waals surface area contributed by atoms with Gasteiger partial charge in [0.1, 0.15) is 16.1 Å². The van der Waals surface area contributed by atoms with Gasteiger partial charge in [-0.25, -0.2) is 26.8 Å². The van der Waals surface area contributed by atoms with Crippen LogP contribution in [-0.4, -0.2) is 151 Å². The van der Waals surface area contributed by atoms with E-state index in [1.165, 1.54) is 6.26 Å². The molecule has 7 rings (SSSR count). The molecule has 54 heavy (non-hydrogen) atoms. The average Bonchev–Trinajstić information content (AvgIpc) is 3.43. The summed E-state index contributed by atoms with van der Waals surface area (Å²) in [6, 6.07) is 0.296. The Morgan fingerprint density at radius 1 is 0.741 bits per heavy atom. The van der Waals surface area contributed by atoms with Gasteiger partial charge >= 0.3 is 0 Å². The Bertz CT molecular complexity index is 1790. The van der Waals surface area contributed by atoms with Gasteiger partial charge in [-0.05, 0) is 36.0 Å². The summed E-state index contributed by atoms with van der Waals surface area (Å²) in [7, 11) is -6.72. The second-order valence-corrected chi connectivity index (χ2v) is 19.9. The Morgan fingerprint density at radius 3 is 1.78 bits per heavy atom. The SMILES string of the molecule is BrCCOCCBr.CS(=O)(=O)C1(c2nc(Cl)nc3c2OCC[C@@H]2COCCN32)CCOCC1.CS(=O)(=O)Cc1nc(Cl)nc2c1OCC[C@@H]1COCCN21. The summed E-state index contributed by atoms with van der Waals surface area (Å²) in [4.78, 5) is 21.2. The minimum Gasteiger partial charge on any atom is -0.488 e. The van der Waals surface area contributed by atoms with E-state index in [1.54, 1.807) is 0 Å². The smallest absolute Gasteiger partial charge is 0.224 e. The molecule has 0 saturated carbocycles. The van der Waals surface area contributed by atoms with E-state index in [1.807, 2.05) is 0 Å². The number of anilines is 2. The van der Waals surface area contributed by atoms with Crippen molar-refractivity contribution in [2.24, 2.45) is 0 Å². The van der Waals surface area contributed by atoms with Crippen LogP contribution in [0.1, 0.15) is 37.1 Å². The second-order valence-electron chi connectivity index (χ2n) is 13.1. The molecule has 0 unspecified atom stereocenters. The molecule has 0 bridgehead atoms. The van der Waals surface area contributed by atoms with Gasteiger partial charge in [0.25, 0.3) is 0 Å². The Hall–Kier alpha value is -1.36. The zero-order valence-corrected chi connectivity index (χ0v) is 36.5. The minimum atomic E-state index is -3.48. The highest BCUT2D eigenvalue weighted by molar-refractivity contribution is 9.09. The lowest BCUT2D eigenvalue weighted by atomic mass is 9.94. The number of halogens is 4. The summed E-state index contributed by atoms with van der Waals surface area (Å²) in [5.41, 5.74) is 0.685. The Kier molecular flexibility index (Phi) is 16.1. The van der Waals surface area contributed by atoms with Crippen molar-refractivity contribution < 1.29 is 45.3 Å². The van der Waals surface area contributed by atoms with Gasteiger partial charge in [-0.2, -0.15) is 9.97 Å². The van der Waals surface area contributed by atoms with Gasteiger partial charge in [0, 0.05) is 62.3 Å². The molecule has 304 valence electrons. The quantitative estimate of drug-likeness (QED) is 0.212. The van der Waals surface area contributed by atoms with Gasteiger partial charge in [0.05, 0.1) is 70.7 Å². The van der Waals surface area contributed by atoms with E-state index in [2.05, 4.69) is 61.6 Å². The number of rotatable bonds is 8. The molecule has 2 atom stereocenters. The minimum absolute atomic E-state index is 0.0307. The fourth-order valence-corrected chi connectivity index (χ4v) is 9.72. The number of sulfone groups is 2. The van der Waals surface area contributed by atoms with Crippen molar-refractivity contribution in [3.05, 3.63) is 22.0 Å². The third kappa shape index (κ3) is 11.0. The normalized spacial score (nSPS) is 22.1. The summed E-state index contributed by atoms with van der Waals surface area (Å²) in [6.45, 7) is 6.94. The molecule has 0 aliphatic carbocycles. The maximum Gasteiger partial charge on any atom is 0.224 e. The monoisotopic (exact) mass is 966 g/mol. The molecule has 0 spiro atoms. The van der Waals surface area contributed by atoms with Crippen LogP contribution in [0.25, 0.3) is 0 Å². The van der Waals surface area contributed by atoms with Gasteiger partial charge < -0.3 is 38.2 Å². The molecule has 0 aromatic carbocycles. The van der Waals surface area contributed by atoms with Crippen molar-refractivity contribution in [1.82, 2.24) is 19.9 Å². The number of hydrogen-bond donors (Lipinski definition) is 0. The van der Waals surface area contributed by atoms with Gasteiger partial charge in [-0.3, -0.25) is 0 Å². The largest absolute Gasteiger partial charge is 0.488 e. The molecule has 5 aliphatic heterocycles. The third-order valence-corrected chi connectivity index (χ3v) is 13.2. The fourth-order valence-electron chi connectivity index (χ4n) is 6.83. The van der Waals surface area contributed by atoms with Crippen LogP contribution in [-0.2, 0) is 49.1 Å². The second kappa shape index (κ2) is 19.9. The Balaban J connectivity index is 0.000000180. The van der Waals surface area contributed by atoms with Crippen molar-refractivity contribution in [3.8, 4) is 11.5 Å². The predicted octanol–water partition coefficient (Wildman–Crippen LogP) is 3.62. The highest BCUT2D eigenvalue weighted by Gasteiger charge is 2.49. The molecule has 3 saturated heterocycles. The lowest BCUT2D eigenvalue weighted by molar-refractivity contribution is 0.0722. The lowest BCUT2D eigenvalue weighted by Crippen LogP contribution is -2.46. The first-order chi connectivity index (χ1) is 25.8. The fraction of sp³-hybridized carbons (Fsp3) is 0.750. The lowest BCUT2D eigenvalue weighted by Gasteiger charge is -2.38. The summed E-state index contributed by atoms with van der Waals surface area (Å²) in [5.74, 6) is 1.78. The van der Waals surface area contributed by atoms with E-state index < -0.39 is 24.4 Å². The molecule has 22 heteroatoms. The van der Waals surface area contributed by atoms with Crippen molar-refractivity contribution in [3.63, 3.8) is 0 Å². The number of hydrogen-bond acceptors (Lipinski definition) is 16. The van der Waals surface area contributed by atoms with E-state index in [0.717, 1.165) is 43.0 Å². The van der Waals surface area contributed by atoms with Crippen LogP contribution in [0.5, 0.6) is 11.5 Å². The van der Waals surface area contributed by atoms with Crippen LogP contribution in [0, 0.1) is 0 Å². The number of alkyl halides is 2. The van der Waals surface area contributed by atoms with Crippen molar-refractivity contribution in [2.75, 3.05) is 112 Å². The zero-order valence-electron chi connectivity index (χ0n) is 30.2. The first-order valence-corrected chi connectivity index (χ1v) is 24.5. The van der Waals surface area contributed by atoms with Crippen LogP contribution in [0.15, 0.2) is 0 Å². The zero-order chi connectivity index (χ0) is 38.9. The summed E-state index contributed by atoms with van der Waals surface area (Å²) in [5, 5.41) is 1.92. The van der Waals surface area contributed by atoms with Crippen LogP contribution < -0.4 is 19.3 Å². The van der Waals surface area contributed by atoms with E-state index in [9.17, 15) is 16.8 Å². The third-order valence-electron chi connectivity index (χ3n) is 9.39. The summed E-state index contributed by atoms with van der Waals surface area (Å²) in [6.07, 6.45) is 4.59. The van der Waals surface area contributed by atoms with E-state index in [4.69, 9.17) is 51.6 Å². The maximum atomic E-state index is 12.8. The molecule has 0 amide bonds. The highest BCUT2D eigenvalue weighted by Crippen LogP contribution is 2.47. The van der Waals surface area contributed by atoms with Gasteiger partial charge in [-0.15, -0.1) is 0 Å². The molecule has 0 radical (unpaired) electrons. The molecule has 3 fully saturated rings. The van der Waals surface area contributed by atoms with Crippen LogP contribution in [0.2, 0.25) is 10.6 Å². The molecule has 5 aliphatic rings. The first-order valence-electron chi connectivity index (χ1n) is 17.5. The summed E-state index contributed by atoms with van der Waals surface area (Å²) < 4.78 is 80.9. The molecule has 7 heterocycles. The van der Waals surface area contributed by atoms with E-state index in [-0.39, 0.29) is 28.4 Å². The molecule has 2 aromatic heterocycles. The van der Waals surface area contributed by atoms with Crippen LogP contribution in [0.4, 0.5) is 11.6 Å². The van der Waals surface area contributed by atoms with E-state index >= 15 is 0 Å². The maximum absolute atomic E-state index is 12.8. The van der Waals surface area contributed by atoms with Crippen molar-refractivity contribution in [1.29, 1.82) is 0 Å². The van der Waals surface area contributed by atoms with Crippen molar-refractivity contribution in [2.45, 2.75) is 48.3 Å². The van der Waals surface area contributed by atoms with Crippen LogP contribution >= 0.6 is 55.1 Å². The molecule has 2 aromatic rings. The molecular formula is C32H46Br2Cl2N6O10S2. The number of fused-ring (bicyclic) bond motifs is 6. The van der Waals surface area contributed by atoms with Crippen LogP contribution in [0.3, 0.4) is 0 Å². The first kappa shape index (κ1) is 43.8. The molecular weight excluding hydrogens is 923 g/mol. The summed E-state index contributed by atoms with van der Waals surface area (Å²) >= 11 is 18.7. The van der Waals surface area contributed by atoms with Crippen molar-refractivity contribution >= 4 is 86.4 Å². The predicted molar refractivity (Wildman–Crippen MR) is 212 cm³/mol. The highest BCUT2D eigenvalue weighted by atomic mass is 79.9. The van der Waals surface area contributed by atoms with E-state index in [0.29, 0.717) is 113 Å². The number of nitrogens with zero attached hydrogens (tertiary/aromatic N) is 6. The Labute approximate surface area is 343 Å². The van der Waals surface area contributed by atoms with Gasteiger partial charge in [0.15, 0.2) is 42.8 Å². The van der Waals surface area contributed by atoms with Gasteiger partial charge in [-0.1, -0.05) is 31.9 Å². The average molecular weight is 970 g/mol. The standard InChI is InChI=1S/C16H22ClN3O5S.C12H16ClN3O4S.C4H8Br2O/c1-26(21,22)16(3-7-23-8-4-16)13-12-14(19-15(17)18-13)20-5-9-24-10-11(20)2-6-25-12;1-21(17,18)7-9-10-11(15-12(13)14-9)16-3-5-19-6-8(16)2-4-20-10;5-1-3-7-4-2-6/h11H,2-10H2,1H3;8H,2-7H2,1H3;1-4H2/t11-;8-;/m11./s1. The van der Waals surface area contributed by atoms with Gasteiger partial charge in [0.2, 0.25) is 10.6 Å². The number of ether oxygens (including phenoxy) is 6. The molecule has 16 nitrogen and oxygen atoms in total. The number of morpholine rings is 2. The molecule has 0 N–H and O–H groups in total. The Morgan fingerprint density at radius 2 is 1.26 bits per heavy atom. The number of aromatic nitrogens is 4.